The minimum absolute atomic E-state index is 0. The molecule has 8 heteroatoms. The topological polar surface area (TPSA) is 54.0 Å². The zero-order valence-electron chi connectivity index (χ0n) is 14.6. The van der Waals surface area contributed by atoms with Gasteiger partial charge < -0.3 is 34.9 Å². The summed E-state index contributed by atoms with van der Waals surface area (Å²) in [5, 5.41) is 0. The second-order valence-electron chi connectivity index (χ2n) is 5.70. The van der Waals surface area contributed by atoms with Crippen LogP contribution in [0.25, 0.3) is 0 Å². The van der Waals surface area contributed by atoms with Crippen molar-refractivity contribution in [1.82, 2.24) is 0 Å². The van der Waals surface area contributed by atoms with E-state index in [1.165, 1.54) is 0 Å². The number of nitrogens with zero attached hydrogens (tertiary/aromatic N) is 1. The lowest BCUT2D eigenvalue weighted by Crippen LogP contribution is -3.00. The largest absolute Gasteiger partial charge is 1.00 e. The normalized spacial score (nSPS) is 11.7. The molecule has 0 rings (SSSR count). The van der Waals surface area contributed by atoms with E-state index in [-0.39, 0.29) is 18.4 Å². The first-order valence-electron chi connectivity index (χ1n) is 7.02. The number of halogens is 1. The predicted molar refractivity (Wildman–Crippen MR) is 83.8 cm³/mol. The average molecular weight is 356 g/mol. The van der Waals surface area contributed by atoms with Crippen molar-refractivity contribution in [3.05, 3.63) is 12.2 Å². The highest BCUT2D eigenvalue weighted by Crippen LogP contribution is 2.16. The third-order valence-electron chi connectivity index (χ3n) is 3.46. The molecule has 0 aliphatic heterocycles. The lowest BCUT2D eigenvalue weighted by molar-refractivity contribution is -0.890. The van der Waals surface area contributed by atoms with E-state index in [4.69, 9.17) is 18.0 Å². The van der Waals surface area contributed by atoms with E-state index in [0.29, 0.717) is 12.2 Å². The Balaban J connectivity index is 0. The smallest absolute Gasteiger partial charge is 0.500 e. The first-order chi connectivity index (χ1) is 9.72. The van der Waals surface area contributed by atoms with E-state index in [9.17, 15) is 4.79 Å². The van der Waals surface area contributed by atoms with E-state index < -0.39 is 8.80 Å². The molecule has 0 heterocycles. The second-order valence-corrected chi connectivity index (χ2v) is 8.79. The molecule has 0 fully saturated rings. The number of rotatable bonds is 11. The molecular formula is C14H30ClNO5Si. The molecule has 0 saturated heterocycles. The number of ether oxygens (including phenoxy) is 1. The van der Waals surface area contributed by atoms with E-state index in [2.05, 4.69) is 20.7 Å². The first-order valence-corrected chi connectivity index (χ1v) is 8.95. The van der Waals surface area contributed by atoms with Gasteiger partial charge in [-0.25, -0.2) is 4.79 Å². The maximum Gasteiger partial charge on any atom is 0.500 e. The van der Waals surface area contributed by atoms with Crippen LogP contribution in [0.2, 0.25) is 6.04 Å². The van der Waals surface area contributed by atoms with Crippen molar-refractivity contribution in [2.75, 3.05) is 55.1 Å². The summed E-state index contributed by atoms with van der Waals surface area (Å²) in [6.07, 6.45) is 0.920. The van der Waals surface area contributed by atoms with Crippen molar-refractivity contribution >= 4 is 14.8 Å². The highest BCUT2D eigenvalue weighted by molar-refractivity contribution is 6.60. The molecule has 0 aliphatic carbocycles. The molecule has 0 aromatic rings. The third-order valence-corrected chi connectivity index (χ3v) is 6.29. The maximum atomic E-state index is 11.3. The van der Waals surface area contributed by atoms with E-state index >= 15 is 0 Å². The van der Waals surface area contributed by atoms with Crippen LogP contribution in [-0.2, 0) is 22.8 Å². The van der Waals surface area contributed by atoms with Gasteiger partial charge in [-0.2, -0.15) is 0 Å². The van der Waals surface area contributed by atoms with Gasteiger partial charge in [0.1, 0.15) is 13.2 Å². The van der Waals surface area contributed by atoms with E-state index in [1.54, 1.807) is 28.3 Å². The molecule has 0 bridgehead atoms. The molecule has 132 valence electrons. The van der Waals surface area contributed by atoms with Crippen LogP contribution in [0.1, 0.15) is 13.3 Å². The summed E-state index contributed by atoms with van der Waals surface area (Å²) >= 11 is 0. The van der Waals surface area contributed by atoms with Gasteiger partial charge >= 0.3 is 14.8 Å². The fraction of sp³-hybridized carbons (Fsp3) is 0.786. The number of esters is 1. The van der Waals surface area contributed by atoms with E-state index in [1.807, 2.05) is 0 Å². The molecule has 0 radical (unpaired) electrons. The molecule has 0 spiro atoms. The second kappa shape index (κ2) is 11.1. The van der Waals surface area contributed by atoms with Crippen LogP contribution in [0, 0.1) is 0 Å². The molecule has 0 amide bonds. The van der Waals surface area contributed by atoms with Gasteiger partial charge in [0.15, 0.2) is 0 Å². The number of likely N-dealkylation sites (N-methyl/N-ethyl adjacent to an activating group) is 1. The van der Waals surface area contributed by atoms with Crippen molar-refractivity contribution in [2.24, 2.45) is 0 Å². The maximum absolute atomic E-state index is 11.3. The zero-order chi connectivity index (χ0) is 16.5. The van der Waals surface area contributed by atoms with Gasteiger partial charge in [-0.05, 0) is 6.92 Å². The van der Waals surface area contributed by atoms with E-state index in [0.717, 1.165) is 30.0 Å². The van der Waals surface area contributed by atoms with Gasteiger partial charge in [-0.1, -0.05) is 6.58 Å². The fourth-order valence-electron chi connectivity index (χ4n) is 1.90. The fourth-order valence-corrected chi connectivity index (χ4v) is 3.60. The summed E-state index contributed by atoms with van der Waals surface area (Å²) in [5.74, 6) is -0.334. The summed E-state index contributed by atoms with van der Waals surface area (Å²) in [6, 6.07) is 0.768. The van der Waals surface area contributed by atoms with Crippen LogP contribution in [0.15, 0.2) is 12.2 Å². The third kappa shape index (κ3) is 8.87. The molecule has 22 heavy (non-hydrogen) atoms. The number of hydrogen-bond acceptors (Lipinski definition) is 5. The summed E-state index contributed by atoms with van der Waals surface area (Å²) < 4.78 is 22.1. The Morgan fingerprint density at radius 2 is 1.59 bits per heavy atom. The van der Waals surface area contributed by atoms with Crippen molar-refractivity contribution in [2.45, 2.75) is 19.4 Å². The van der Waals surface area contributed by atoms with Gasteiger partial charge in [0, 0.05) is 39.4 Å². The van der Waals surface area contributed by atoms with Crippen LogP contribution >= 0.6 is 0 Å². The van der Waals surface area contributed by atoms with Gasteiger partial charge in [-0.15, -0.1) is 0 Å². The summed E-state index contributed by atoms with van der Waals surface area (Å²) in [4.78, 5) is 11.3. The molecule has 6 nitrogen and oxygen atoms in total. The minimum Gasteiger partial charge on any atom is -1.00 e. The average Bonchev–Trinajstić information content (AvgIpc) is 2.43. The SMILES string of the molecule is C=C(C)C(=O)OCC[N+](C)(C)CCC[Si](OC)(OC)OC.[Cl-]. The van der Waals surface area contributed by atoms with Crippen molar-refractivity contribution in [3.8, 4) is 0 Å². The summed E-state index contributed by atoms with van der Waals surface area (Å²) in [7, 11) is 6.58. The monoisotopic (exact) mass is 355 g/mol. The minimum atomic E-state index is -2.49. The Hall–Kier alpha value is -0.443. The first kappa shape index (κ1) is 23.8. The molecule has 0 aromatic carbocycles. The molecule has 0 unspecified atom stereocenters. The summed E-state index contributed by atoms with van der Waals surface area (Å²) in [6.45, 7) is 7.27. The highest BCUT2D eigenvalue weighted by Gasteiger charge is 2.37. The molecule has 0 atom stereocenters. The lowest BCUT2D eigenvalue weighted by atomic mass is 10.3. The van der Waals surface area contributed by atoms with Gasteiger partial charge in [-0.3, -0.25) is 0 Å². The van der Waals surface area contributed by atoms with Gasteiger partial charge in [0.25, 0.3) is 0 Å². The predicted octanol–water partition coefficient (Wildman–Crippen LogP) is -1.55. The van der Waals surface area contributed by atoms with Crippen LogP contribution in [-0.4, -0.2) is 74.4 Å². The van der Waals surface area contributed by atoms with Crippen molar-refractivity contribution in [3.63, 3.8) is 0 Å². The quantitative estimate of drug-likeness (QED) is 0.194. The number of quaternary nitrogens is 1. The van der Waals surface area contributed by atoms with Gasteiger partial charge in [0.05, 0.1) is 20.6 Å². The lowest BCUT2D eigenvalue weighted by Gasteiger charge is -2.31. The van der Waals surface area contributed by atoms with Crippen LogP contribution < -0.4 is 12.4 Å². The van der Waals surface area contributed by atoms with Gasteiger partial charge in [0.2, 0.25) is 0 Å². The molecule has 0 aromatic heterocycles. The Morgan fingerprint density at radius 3 is 2.00 bits per heavy atom. The molecule has 0 N–H and O–H groups in total. The van der Waals surface area contributed by atoms with Crippen molar-refractivity contribution < 1.29 is 39.7 Å². The number of carbonyl (C=O) groups excluding carboxylic acids is 1. The van der Waals surface area contributed by atoms with Crippen LogP contribution in [0.4, 0.5) is 0 Å². The number of hydrogen-bond donors (Lipinski definition) is 0. The molecule has 0 saturated carbocycles. The summed E-state index contributed by atoms with van der Waals surface area (Å²) in [5.41, 5.74) is 0.427. The standard InChI is InChI=1S/C14H30NO5Si.ClH/c1-13(2)14(16)20-11-10-15(3,4)9-8-12-21(17-5,18-6)19-7;/h1,8-12H2,2-7H3;1H/q+1;/p-1. The van der Waals surface area contributed by atoms with Crippen molar-refractivity contribution in [1.29, 1.82) is 0 Å². The Bertz CT molecular complexity index is 340. The zero-order valence-corrected chi connectivity index (χ0v) is 16.4. The Morgan fingerprint density at radius 1 is 1.09 bits per heavy atom. The highest BCUT2D eigenvalue weighted by atomic mass is 35.5. The Kier molecular flexibility index (Phi) is 12.1. The molecular weight excluding hydrogens is 326 g/mol. The number of carbonyl (C=O) groups is 1. The molecule has 0 aliphatic rings. The Labute approximate surface area is 141 Å². The van der Waals surface area contributed by atoms with Crippen LogP contribution in [0.3, 0.4) is 0 Å². The van der Waals surface area contributed by atoms with Crippen LogP contribution in [0.5, 0.6) is 0 Å².